The maximum atomic E-state index is 13.3. The van der Waals surface area contributed by atoms with Crippen molar-refractivity contribution in [2.24, 2.45) is 0 Å². The molecular formula is C33H26Br2N2O7. The number of carbonyl (C=O) groups excluding carboxylic acids is 3. The van der Waals surface area contributed by atoms with Crippen molar-refractivity contribution in [3.8, 4) is 23.0 Å². The minimum absolute atomic E-state index is 0.190. The summed E-state index contributed by atoms with van der Waals surface area (Å²) in [6.45, 7) is 0.599. The number of benzene rings is 4. The van der Waals surface area contributed by atoms with Crippen LogP contribution in [0.1, 0.15) is 16.7 Å². The molecular weight excluding hydrogens is 696 g/mol. The Kier molecular flexibility index (Phi) is 9.66. The summed E-state index contributed by atoms with van der Waals surface area (Å²) in [5.41, 5.74) is 2.46. The molecule has 1 aliphatic heterocycles. The first-order valence-electron chi connectivity index (χ1n) is 13.3. The van der Waals surface area contributed by atoms with Crippen LogP contribution in [0.5, 0.6) is 23.0 Å². The second-order valence-electron chi connectivity index (χ2n) is 9.52. The summed E-state index contributed by atoms with van der Waals surface area (Å²) in [5, 5.41) is 2.23. The molecule has 0 spiro atoms. The SMILES string of the molecule is COc1cc(COc2c(Br)cc(/C=C3\C(=O)NC(=O)N(c4ccc(Br)cc4)C3=O)cc2OC)ccc1OCc1ccccc1. The van der Waals surface area contributed by atoms with Gasteiger partial charge in [-0.15, -0.1) is 0 Å². The van der Waals surface area contributed by atoms with Crippen LogP contribution in [0.3, 0.4) is 0 Å². The molecule has 0 saturated carbocycles. The van der Waals surface area contributed by atoms with E-state index < -0.39 is 17.8 Å². The fraction of sp³-hybridized carbons (Fsp3) is 0.121. The molecule has 0 unspecified atom stereocenters. The van der Waals surface area contributed by atoms with Crippen molar-refractivity contribution in [1.82, 2.24) is 5.32 Å². The fourth-order valence-corrected chi connectivity index (χ4v) is 5.26. The standard InChI is InChI=1S/C33H26Br2N2O7/c1-41-28-16-21(8-13-27(28)43-18-20-6-4-3-5-7-20)19-44-30-26(35)15-22(17-29(30)42-2)14-25-31(38)36-33(40)37(32(25)39)24-11-9-23(34)10-12-24/h3-17H,18-19H2,1-2H3,(H,36,38,40)/b25-14+. The first kappa shape index (κ1) is 30.8. The number of amides is 4. The fourth-order valence-electron chi connectivity index (χ4n) is 4.42. The Morgan fingerprint density at radius 2 is 1.45 bits per heavy atom. The molecule has 0 atom stereocenters. The number of nitrogens with one attached hydrogen (secondary N) is 1. The number of imide groups is 2. The Morgan fingerprint density at radius 3 is 2.16 bits per heavy atom. The lowest BCUT2D eigenvalue weighted by Gasteiger charge is -2.26. The van der Waals surface area contributed by atoms with Crippen LogP contribution in [0, 0.1) is 0 Å². The van der Waals surface area contributed by atoms with Gasteiger partial charge in [-0.25, -0.2) is 9.69 Å². The molecule has 9 nitrogen and oxygen atoms in total. The predicted molar refractivity (Wildman–Crippen MR) is 172 cm³/mol. The number of hydrogen-bond acceptors (Lipinski definition) is 7. The number of ether oxygens (including phenoxy) is 4. The molecule has 44 heavy (non-hydrogen) atoms. The maximum absolute atomic E-state index is 13.3. The van der Waals surface area contributed by atoms with Gasteiger partial charge in [0.2, 0.25) is 0 Å². The van der Waals surface area contributed by atoms with E-state index in [1.165, 1.54) is 13.2 Å². The third-order valence-electron chi connectivity index (χ3n) is 6.60. The van der Waals surface area contributed by atoms with Gasteiger partial charge in [0.15, 0.2) is 23.0 Å². The van der Waals surface area contributed by atoms with Gasteiger partial charge < -0.3 is 18.9 Å². The smallest absolute Gasteiger partial charge is 0.335 e. The van der Waals surface area contributed by atoms with Crippen LogP contribution >= 0.6 is 31.9 Å². The van der Waals surface area contributed by atoms with Gasteiger partial charge in [0.1, 0.15) is 18.8 Å². The molecule has 4 aromatic rings. The van der Waals surface area contributed by atoms with Crippen molar-refractivity contribution in [2.45, 2.75) is 13.2 Å². The van der Waals surface area contributed by atoms with Crippen LogP contribution in [0.25, 0.3) is 6.08 Å². The lowest BCUT2D eigenvalue weighted by atomic mass is 10.1. The average Bonchev–Trinajstić information content (AvgIpc) is 3.02. The summed E-state index contributed by atoms with van der Waals surface area (Å²) in [7, 11) is 3.06. The highest BCUT2D eigenvalue weighted by Gasteiger charge is 2.36. The molecule has 0 bridgehead atoms. The molecule has 224 valence electrons. The summed E-state index contributed by atoms with van der Waals surface area (Å²) in [6, 6.07) is 24.5. The van der Waals surface area contributed by atoms with Gasteiger partial charge in [0.25, 0.3) is 11.8 Å². The normalized spacial score (nSPS) is 14.0. The summed E-state index contributed by atoms with van der Waals surface area (Å²) in [5.74, 6) is 0.421. The van der Waals surface area contributed by atoms with E-state index in [1.807, 2.05) is 48.5 Å². The molecule has 1 saturated heterocycles. The van der Waals surface area contributed by atoms with E-state index in [0.29, 0.717) is 45.3 Å². The van der Waals surface area contributed by atoms with Crippen LogP contribution in [-0.2, 0) is 22.8 Å². The molecule has 0 aliphatic carbocycles. The van der Waals surface area contributed by atoms with Gasteiger partial charge in [-0.05, 0) is 87.2 Å². The number of barbiturate groups is 1. The monoisotopic (exact) mass is 720 g/mol. The molecule has 1 heterocycles. The number of halogens is 2. The van der Waals surface area contributed by atoms with Gasteiger partial charge in [-0.2, -0.15) is 0 Å². The van der Waals surface area contributed by atoms with Crippen molar-refractivity contribution >= 4 is 61.5 Å². The molecule has 4 amide bonds. The number of hydrogen-bond donors (Lipinski definition) is 1. The minimum Gasteiger partial charge on any atom is -0.493 e. The number of carbonyl (C=O) groups is 3. The number of anilines is 1. The largest absolute Gasteiger partial charge is 0.493 e. The Bertz CT molecular complexity index is 1740. The lowest BCUT2D eigenvalue weighted by Crippen LogP contribution is -2.54. The van der Waals surface area contributed by atoms with Crippen molar-refractivity contribution in [1.29, 1.82) is 0 Å². The van der Waals surface area contributed by atoms with Gasteiger partial charge in [0.05, 0.1) is 24.4 Å². The lowest BCUT2D eigenvalue weighted by molar-refractivity contribution is -0.122. The number of nitrogens with zero attached hydrogens (tertiary/aromatic N) is 1. The maximum Gasteiger partial charge on any atom is 0.335 e. The quantitative estimate of drug-likeness (QED) is 0.138. The van der Waals surface area contributed by atoms with E-state index in [0.717, 1.165) is 20.5 Å². The predicted octanol–water partition coefficient (Wildman–Crippen LogP) is 7.05. The van der Waals surface area contributed by atoms with Crippen LogP contribution < -0.4 is 29.2 Å². The van der Waals surface area contributed by atoms with Crippen molar-refractivity contribution in [3.63, 3.8) is 0 Å². The molecule has 0 aromatic heterocycles. The molecule has 11 heteroatoms. The third kappa shape index (κ3) is 6.95. The zero-order chi connectivity index (χ0) is 31.2. The van der Waals surface area contributed by atoms with Gasteiger partial charge in [0, 0.05) is 4.47 Å². The van der Waals surface area contributed by atoms with Crippen LogP contribution in [0.15, 0.2) is 99.4 Å². The Morgan fingerprint density at radius 1 is 0.750 bits per heavy atom. The zero-order valence-corrected chi connectivity index (χ0v) is 26.8. The molecule has 4 aromatic carbocycles. The second kappa shape index (κ2) is 13.8. The van der Waals surface area contributed by atoms with E-state index in [-0.39, 0.29) is 12.2 Å². The van der Waals surface area contributed by atoms with Gasteiger partial charge in [-0.1, -0.05) is 52.3 Å². The molecule has 1 N–H and O–H groups in total. The van der Waals surface area contributed by atoms with Gasteiger partial charge >= 0.3 is 6.03 Å². The first-order chi connectivity index (χ1) is 21.3. The summed E-state index contributed by atoms with van der Waals surface area (Å²) in [6.07, 6.45) is 1.39. The Labute approximate surface area is 270 Å². The minimum atomic E-state index is -0.825. The Hall–Kier alpha value is -4.61. The number of urea groups is 1. The third-order valence-corrected chi connectivity index (χ3v) is 7.72. The summed E-state index contributed by atoms with van der Waals surface area (Å²) >= 11 is 6.85. The van der Waals surface area contributed by atoms with Crippen molar-refractivity contribution < 1.29 is 33.3 Å². The van der Waals surface area contributed by atoms with Gasteiger partial charge in [-0.3, -0.25) is 14.9 Å². The van der Waals surface area contributed by atoms with E-state index in [1.54, 1.807) is 43.5 Å². The molecule has 1 fully saturated rings. The van der Waals surface area contributed by atoms with Crippen LogP contribution in [0.4, 0.5) is 10.5 Å². The highest BCUT2D eigenvalue weighted by atomic mass is 79.9. The highest BCUT2D eigenvalue weighted by molar-refractivity contribution is 9.10. The van der Waals surface area contributed by atoms with Crippen LogP contribution in [0.2, 0.25) is 0 Å². The Balaban J connectivity index is 1.33. The number of methoxy groups -OCH3 is 2. The highest BCUT2D eigenvalue weighted by Crippen LogP contribution is 2.38. The van der Waals surface area contributed by atoms with E-state index in [2.05, 4.69) is 37.2 Å². The summed E-state index contributed by atoms with van der Waals surface area (Å²) in [4.78, 5) is 39.4. The van der Waals surface area contributed by atoms with E-state index >= 15 is 0 Å². The molecule has 5 rings (SSSR count). The first-order valence-corrected chi connectivity index (χ1v) is 14.9. The number of rotatable bonds is 10. The van der Waals surface area contributed by atoms with Crippen LogP contribution in [-0.4, -0.2) is 32.1 Å². The molecule has 0 radical (unpaired) electrons. The molecule has 1 aliphatic rings. The van der Waals surface area contributed by atoms with Crippen molar-refractivity contribution in [2.75, 3.05) is 19.1 Å². The topological polar surface area (TPSA) is 103 Å². The zero-order valence-electron chi connectivity index (χ0n) is 23.6. The van der Waals surface area contributed by atoms with Crippen molar-refractivity contribution in [3.05, 3.63) is 116 Å². The second-order valence-corrected chi connectivity index (χ2v) is 11.3. The average molecular weight is 722 g/mol. The van der Waals surface area contributed by atoms with E-state index in [9.17, 15) is 14.4 Å². The van der Waals surface area contributed by atoms with E-state index in [4.69, 9.17) is 18.9 Å². The summed E-state index contributed by atoms with van der Waals surface area (Å²) < 4.78 is 24.5.